The van der Waals surface area contributed by atoms with Crippen LogP contribution in [0.1, 0.15) is 31.0 Å². The van der Waals surface area contributed by atoms with Crippen LogP contribution in [-0.4, -0.2) is 32.3 Å². The Labute approximate surface area is 180 Å². The monoisotopic (exact) mass is 430 g/mol. The molecule has 0 radical (unpaired) electrons. The number of halogens is 1. The minimum Gasteiger partial charge on any atom is -0.493 e. The first-order valence-electron chi connectivity index (χ1n) is 9.35. The van der Waals surface area contributed by atoms with Crippen LogP contribution in [0.4, 0.5) is 4.79 Å². The molecule has 0 saturated carbocycles. The van der Waals surface area contributed by atoms with Crippen molar-refractivity contribution in [1.82, 2.24) is 10.6 Å². The van der Waals surface area contributed by atoms with Crippen molar-refractivity contribution in [3.8, 4) is 11.5 Å². The Hall–Kier alpha value is -3.19. The lowest BCUT2D eigenvalue weighted by Crippen LogP contribution is -2.45. The van der Waals surface area contributed by atoms with Crippen LogP contribution in [0.3, 0.4) is 0 Å². The Balaban J connectivity index is 2.24. The Bertz CT molecular complexity index is 989. The standard InChI is InChI=1S/C22H23ClN2O5/c1-12(2)30-21(26)16-18(13-8-6-5-7-9-13)24-22(27)25-19(16)14-10-11-15(28-3)20(29-4)17(14)23/h5-12,19H,1-4H3,(H2,24,25,27). The lowest BCUT2D eigenvalue weighted by atomic mass is 9.92. The van der Waals surface area contributed by atoms with Gasteiger partial charge in [0.25, 0.3) is 0 Å². The highest BCUT2D eigenvalue weighted by molar-refractivity contribution is 6.33. The van der Waals surface area contributed by atoms with E-state index in [2.05, 4.69) is 10.6 Å². The van der Waals surface area contributed by atoms with Crippen LogP contribution in [0, 0.1) is 0 Å². The second-order valence-electron chi connectivity index (χ2n) is 6.84. The van der Waals surface area contributed by atoms with Crippen molar-refractivity contribution in [1.29, 1.82) is 0 Å². The van der Waals surface area contributed by atoms with Gasteiger partial charge in [-0.25, -0.2) is 9.59 Å². The minimum atomic E-state index is -0.854. The lowest BCUT2D eigenvalue weighted by molar-refractivity contribution is -0.143. The van der Waals surface area contributed by atoms with Gasteiger partial charge in [0.15, 0.2) is 11.5 Å². The van der Waals surface area contributed by atoms with Crippen molar-refractivity contribution in [2.45, 2.75) is 26.0 Å². The summed E-state index contributed by atoms with van der Waals surface area (Å²) in [6.07, 6.45) is -0.346. The van der Waals surface area contributed by atoms with E-state index in [1.807, 2.05) is 18.2 Å². The molecular weight excluding hydrogens is 408 g/mol. The molecule has 2 N–H and O–H groups in total. The van der Waals surface area contributed by atoms with Crippen LogP contribution in [-0.2, 0) is 9.53 Å². The maximum absolute atomic E-state index is 13.1. The average molecular weight is 431 g/mol. The molecule has 1 aliphatic heterocycles. The van der Waals surface area contributed by atoms with Crippen molar-refractivity contribution >= 4 is 29.3 Å². The summed E-state index contributed by atoms with van der Waals surface area (Å²) in [4.78, 5) is 25.6. The van der Waals surface area contributed by atoms with Crippen LogP contribution >= 0.6 is 11.6 Å². The Morgan fingerprint density at radius 1 is 1.07 bits per heavy atom. The highest BCUT2D eigenvalue weighted by atomic mass is 35.5. The summed E-state index contributed by atoms with van der Waals surface area (Å²) < 4.78 is 16.1. The van der Waals surface area contributed by atoms with E-state index in [0.29, 0.717) is 28.3 Å². The van der Waals surface area contributed by atoms with Gasteiger partial charge in [0, 0.05) is 5.56 Å². The van der Waals surface area contributed by atoms with Gasteiger partial charge in [-0.1, -0.05) is 48.0 Å². The van der Waals surface area contributed by atoms with Crippen molar-refractivity contribution < 1.29 is 23.8 Å². The molecule has 3 rings (SSSR count). The summed E-state index contributed by atoms with van der Waals surface area (Å²) in [7, 11) is 2.96. The number of hydrogen-bond donors (Lipinski definition) is 2. The fourth-order valence-corrected chi connectivity index (χ4v) is 3.60. The number of urea groups is 1. The molecule has 2 aromatic rings. The molecule has 0 aromatic heterocycles. The molecule has 7 nitrogen and oxygen atoms in total. The molecule has 2 aromatic carbocycles. The van der Waals surface area contributed by atoms with Gasteiger partial charge < -0.3 is 24.8 Å². The van der Waals surface area contributed by atoms with E-state index >= 15 is 0 Å². The number of amides is 2. The predicted molar refractivity (Wildman–Crippen MR) is 114 cm³/mol. The third kappa shape index (κ3) is 4.21. The maximum atomic E-state index is 13.1. The van der Waals surface area contributed by atoms with Gasteiger partial charge in [-0.2, -0.15) is 0 Å². The highest BCUT2D eigenvalue weighted by Gasteiger charge is 2.36. The molecule has 0 aliphatic carbocycles. The summed E-state index contributed by atoms with van der Waals surface area (Å²) in [6.45, 7) is 3.52. The largest absolute Gasteiger partial charge is 0.493 e. The van der Waals surface area contributed by atoms with Crippen LogP contribution < -0.4 is 20.1 Å². The fourth-order valence-electron chi connectivity index (χ4n) is 3.26. The fraction of sp³-hybridized carbons (Fsp3) is 0.273. The van der Waals surface area contributed by atoms with Gasteiger partial charge >= 0.3 is 12.0 Å². The Morgan fingerprint density at radius 3 is 2.37 bits per heavy atom. The summed E-state index contributed by atoms with van der Waals surface area (Å²) in [5.74, 6) is 0.180. The summed E-state index contributed by atoms with van der Waals surface area (Å²) in [5, 5.41) is 5.74. The van der Waals surface area contributed by atoms with Gasteiger partial charge in [-0.3, -0.25) is 0 Å². The molecule has 1 unspecified atom stereocenters. The Morgan fingerprint density at radius 2 is 1.77 bits per heavy atom. The van der Waals surface area contributed by atoms with E-state index in [1.165, 1.54) is 14.2 Å². The SMILES string of the molecule is COc1ccc(C2NC(=O)NC(c3ccccc3)=C2C(=O)OC(C)C)c(Cl)c1OC. The number of ether oxygens (including phenoxy) is 3. The number of carbonyl (C=O) groups is 2. The first-order chi connectivity index (χ1) is 14.4. The number of carbonyl (C=O) groups excluding carboxylic acids is 2. The number of esters is 1. The number of methoxy groups -OCH3 is 2. The topological polar surface area (TPSA) is 85.9 Å². The zero-order valence-electron chi connectivity index (χ0n) is 17.1. The molecule has 1 aliphatic rings. The number of rotatable bonds is 6. The third-order valence-corrected chi connectivity index (χ3v) is 4.91. The zero-order valence-corrected chi connectivity index (χ0v) is 17.9. The third-order valence-electron chi connectivity index (χ3n) is 4.52. The minimum absolute atomic E-state index is 0.228. The molecule has 1 heterocycles. The average Bonchev–Trinajstić information content (AvgIpc) is 2.72. The Kier molecular flexibility index (Phi) is 6.52. The molecule has 0 bridgehead atoms. The smallest absolute Gasteiger partial charge is 0.338 e. The van der Waals surface area contributed by atoms with E-state index in [9.17, 15) is 9.59 Å². The molecule has 8 heteroatoms. The molecule has 0 spiro atoms. The van der Waals surface area contributed by atoms with Crippen LogP contribution in [0.15, 0.2) is 48.0 Å². The van der Waals surface area contributed by atoms with E-state index in [-0.39, 0.29) is 16.7 Å². The molecule has 158 valence electrons. The molecule has 2 amide bonds. The van der Waals surface area contributed by atoms with E-state index in [1.54, 1.807) is 38.1 Å². The van der Waals surface area contributed by atoms with Crippen molar-refractivity contribution in [2.75, 3.05) is 14.2 Å². The first-order valence-corrected chi connectivity index (χ1v) is 9.73. The molecular formula is C22H23ClN2O5. The summed E-state index contributed by atoms with van der Waals surface area (Å²) in [6, 6.07) is 11.1. The number of nitrogens with one attached hydrogen (secondary N) is 2. The maximum Gasteiger partial charge on any atom is 0.338 e. The second-order valence-corrected chi connectivity index (χ2v) is 7.22. The normalized spacial score (nSPS) is 16.1. The molecule has 1 atom stereocenters. The molecule has 0 saturated heterocycles. The van der Waals surface area contributed by atoms with Gasteiger partial charge in [-0.15, -0.1) is 0 Å². The van der Waals surface area contributed by atoms with Crippen LogP contribution in [0.2, 0.25) is 5.02 Å². The summed E-state index contributed by atoms with van der Waals surface area (Å²) in [5.41, 5.74) is 1.75. The second kappa shape index (κ2) is 9.09. The highest BCUT2D eigenvalue weighted by Crippen LogP contribution is 2.43. The first kappa shape index (κ1) is 21.5. The van der Waals surface area contributed by atoms with Crippen molar-refractivity contribution in [3.05, 3.63) is 64.2 Å². The van der Waals surface area contributed by atoms with Gasteiger partial charge in [-0.05, 0) is 25.5 Å². The van der Waals surface area contributed by atoms with Crippen LogP contribution in [0.25, 0.3) is 5.70 Å². The van der Waals surface area contributed by atoms with Gasteiger partial charge in [0.2, 0.25) is 0 Å². The molecule has 0 fully saturated rings. The van der Waals surface area contributed by atoms with E-state index in [0.717, 1.165) is 0 Å². The van der Waals surface area contributed by atoms with Crippen molar-refractivity contribution in [3.63, 3.8) is 0 Å². The van der Waals surface area contributed by atoms with Gasteiger partial charge in [0.05, 0.1) is 42.7 Å². The molecule has 30 heavy (non-hydrogen) atoms. The van der Waals surface area contributed by atoms with Crippen molar-refractivity contribution in [2.24, 2.45) is 0 Å². The van der Waals surface area contributed by atoms with E-state index < -0.39 is 18.0 Å². The van der Waals surface area contributed by atoms with Crippen LogP contribution in [0.5, 0.6) is 11.5 Å². The predicted octanol–water partition coefficient (Wildman–Crippen LogP) is 4.07. The van der Waals surface area contributed by atoms with E-state index in [4.69, 9.17) is 25.8 Å². The quantitative estimate of drug-likeness (QED) is 0.674. The summed E-state index contributed by atoms with van der Waals surface area (Å²) >= 11 is 6.59. The van der Waals surface area contributed by atoms with Gasteiger partial charge in [0.1, 0.15) is 0 Å². The number of hydrogen-bond acceptors (Lipinski definition) is 5. The number of benzene rings is 2. The lowest BCUT2D eigenvalue weighted by Gasteiger charge is -2.31. The zero-order chi connectivity index (χ0) is 21.8.